The van der Waals surface area contributed by atoms with Crippen LogP contribution < -0.4 is 10.9 Å². The fourth-order valence-electron chi connectivity index (χ4n) is 6.31. The minimum atomic E-state index is -0.387. The average molecular weight is 442 g/mol. The number of rotatable bonds is 3. The number of hydrazine groups is 1. The minimum Gasteiger partial charge on any atom is -0.273 e. The fraction of sp³-hybridized carbons (Fsp3) is 0.500. The molecule has 146 valence electrons. The van der Waals surface area contributed by atoms with Crippen molar-refractivity contribution in [3.05, 3.63) is 42.1 Å². The quantitative estimate of drug-likeness (QED) is 0.555. The first kappa shape index (κ1) is 18.1. The van der Waals surface area contributed by atoms with Crippen molar-refractivity contribution in [2.45, 2.75) is 49.3 Å². The molecule has 6 heteroatoms. The van der Waals surface area contributed by atoms with Gasteiger partial charge in [-0.05, 0) is 67.9 Å². The number of amides is 2. The monoisotopic (exact) mass is 441 g/mol. The summed E-state index contributed by atoms with van der Waals surface area (Å²) in [4.78, 5) is 29.4. The van der Waals surface area contributed by atoms with Crippen molar-refractivity contribution in [3.63, 3.8) is 0 Å². The number of hydrogen-bond donors (Lipinski definition) is 2. The summed E-state index contributed by atoms with van der Waals surface area (Å²) in [5.41, 5.74) is 6.31. The van der Waals surface area contributed by atoms with E-state index < -0.39 is 0 Å². The first-order valence-corrected chi connectivity index (χ1v) is 10.9. The molecule has 0 radical (unpaired) electrons. The molecule has 2 N–H and O–H groups in total. The lowest BCUT2D eigenvalue weighted by molar-refractivity contribution is -0.128. The summed E-state index contributed by atoms with van der Waals surface area (Å²) in [5.74, 6) is 0.989. The maximum absolute atomic E-state index is 12.6. The molecule has 4 saturated carbocycles. The number of pyridine rings is 1. The number of alkyl halides is 1. The van der Waals surface area contributed by atoms with Gasteiger partial charge in [0.2, 0.25) is 5.91 Å². The minimum absolute atomic E-state index is 0.0869. The molecule has 6 rings (SSSR count). The first-order chi connectivity index (χ1) is 13.4. The summed E-state index contributed by atoms with van der Waals surface area (Å²) in [6, 6.07) is 11.2. The molecule has 0 aliphatic heterocycles. The Bertz CT molecular complexity index is 946. The Kier molecular flexibility index (Phi) is 4.23. The highest BCUT2D eigenvalue weighted by Crippen LogP contribution is 2.65. The highest BCUT2D eigenvalue weighted by molar-refractivity contribution is 9.10. The van der Waals surface area contributed by atoms with E-state index in [1.165, 1.54) is 19.3 Å². The second-order valence-electron chi connectivity index (χ2n) is 9.18. The number of benzene rings is 1. The molecule has 4 bridgehead atoms. The molecule has 2 amide bonds. The highest BCUT2D eigenvalue weighted by atomic mass is 79.9. The number of carbonyl (C=O) groups excluding carboxylic acids is 2. The van der Waals surface area contributed by atoms with E-state index >= 15 is 0 Å². The number of para-hydroxylation sites is 1. The van der Waals surface area contributed by atoms with Crippen LogP contribution in [0.3, 0.4) is 0 Å². The molecule has 4 fully saturated rings. The third kappa shape index (κ3) is 3.32. The number of fused-ring (bicyclic) bond motifs is 1. The van der Waals surface area contributed by atoms with Gasteiger partial charge < -0.3 is 0 Å². The number of nitrogens with zero attached hydrogens (tertiary/aromatic N) is 1. The Balaban J connectivity index is 1.22. The van der Waals surface area contributed by atoms with Gasteiger partial charge in [0.25, 0.3) is 5.91 Å². The lowest BCUT2D eigenvalue weighted by atomic mass is 9.48. The van der Waals surface area contributed by atoms with Gasteiger partial charge in [-0.25, -0.2) is 4.98 Å². The third-order valence-corrected chi connectivity index (χ3v) is 7.72. The number of halogens is 1. The van der Waals surface area contributed by atoms with E-state index in [0.717, 1.165) is 42.0 Å². The predicted molar refractivity (Wildman–Crippen MR) is 111 cm³/mol. The molecule has 1 aromatic carbocycles. The summed E-state index contributed by atoms with van der Waals surface area (Å²) >= 11 is 3.99. The fourth-order valence-corrected chi connectivity index (χ4v) is 7.82. The molecular formula is C22H24BrN3O2. The van der Waals surface area contributed by atoms with E-state index in [9.17, 15) is 9.59 Å². The lowest BCUT2D eigenvalue weighted by Crippen LogP contribution is -2.54. The van der Waals surface area contributed by atoms with Crippen LogP contribution in [0.2, 0.25) is 0 Å². The largest absolute Gasteiger partial charge is 0.288 e. The van der Waals surface area contributed by atoms with Crippen molar-refractivity contribution in [1.29, 1.82) is 0 Å². The number of aromatic nitrogens is 1. The Morgan fingerprint density at radius 3 is 2.54 bits per heavy atom. The second-order valence-corrected chi connectivity index (χ2v) is 10.9. The zero-order valence-corrected chi connectivity index (χ0v) is 17.3. The van der Waals surface area contributed by atoms with Crippen LogP contribution in [0.1, 0.15) is 55.4 Å². The summed E-state index contributed by atoms with van der Waals surface area (Å²) in [5, 5.41) is 0.980. The summed E-state index contributed by atoms with van der Waals surface area (Å²) in [7, 11) is 0. The Morgan fingerprint density at radius 2 is 1.79 bits per heavy atom. The molecule has 2 atom stereocenters. The Morgan fingerprint density at radius 1 is 1.04 bits per heavy atom. The molecule has 0 saturated heterocycles. The topological polar surface area (TPSA) is 71.1 Å². The molecule has 5 nitrogen and oxygen atoms in total. The van der Waals surface area contributed by atoms with Gasteiger partial charge in [0.1, 0.15) is 5.69 Å². The number of hydrogen-bond acceptors (Lipinski definition) is 3. The molecule has 28 heavy (non-hydrogen) atoms. The van der Waals surface area contributed by atoms with Crippen LogP contribution in [0, 0.1) is 17.3 Å². The van der Waals surface area contributed by atoms with Crippen molar-refractivity contribution in [2.75, 3.05) is 0 Å². The van der Waals surface area contributed by atoms with Crippen molar-refractivity contribution in [1.82, 2.24) is 15.8 Å². The highest BCUT2D eigenvalue weighted by Gasteiger charge is 2.57. The van der Waals surface area contributed by atoms with Crippen LogP contribution in [-0.2, 0) is 4.79 Å². The van der Waals surface area contributed by atoms with Crippen molar-refractivity contribution >= 4 is 38.6 Å². The van der Waals surface area contributed by atoms with Gasteiger partial charge in [-0.15, -0.1) is 0 Å². The SMILES string of the molecule is O=C(CC12CC3CC(CC(Br)(C3)C1)C2)NNC(=O)c1ccc2ccccc2n1. The Labute approximate surface area is 172 Å². The molecule has 0 spiro atoms. The van der Waals surface area contributed by atoms with Crippen molar-refractivity contribution in [2.24, 2.45) is 17.3 Å². The predicted octanol–water partition coefficient (Wildman–Crippen LogP) is 4.12. The molecule has 2 aromatic rings. The maximum atomic E-state index is 12.6. The molecule has 4 aliphatic carbocycles. The van der Waals surface area contributed by atoms with Crippen LogP contribution in [0.5, 0.6) is 0 Å². The normalized spacial score (nSPS) is 33.0. The zero-order valence-electron chi connectivity index (χ0n) is 15.7. The standard InChI is InChI=1S/C22H24BrN3O2/c23-22-10-14-7-15(11-22)9-21(8-14,13-22)12-19(27)25-26-20(28)18-6-5-16-3-1-2-4-17(16)24-18/h1-6,14-15H,7-13H2,(H,25,27)(H,26,28). The summed E-state index contributed by atoms with van der Waals surface area (Å²) in [6.07, 6.45) is 7.66. The summed E-state index contributed by atoms with van der Waals surface area (Å²) < 4.78 is 0.232. The number of nitrogens with one attached hydrogen (secondary N) is 2. The van der Waals surface area contributed by atoms with Gasteiger partial charge in [0.05, 0.1) is 5.52 Å². The smallest absolute Gasteiger partial charge is 0.273 e. The second kappa shape index (κ2) is 6.55. The first-order valence-electron chi connectivity index (χ1n) is 10.1. The van der Waals surface area contributed by atoms with E-state index in [1.54, 1.807) is 6.07 Å². The molecule has 2 unspecified atom stereocenters. The van der Waals surface area contributed by atoms with E-state index in [4.69, 9.17) is 0 Å². The maximum Gasteiger partial charge on any atom is 0.288 e. The molecule has 1 aromatic heterocycles. The van der Waals surface area contributed by atoms with Gasteiger partial charge in [-0.2, -0.15) is 0 Å². The average Bonchev–Trinajstić information content (AvgIpc) is 2.63. The van der Waals surface area contributed by atoms with E-state index in [1.807, 2.05) is 30.3 Å². The molecular weight excluding hydrogens is 418 g/mol. The van der Waals surface area contributed by atoms with E-state index in [-0.39, 0.29) is 21.6 Å². The van der Waals surface area contributed by atoms with Crippen LogP contribution in [-0.4, -0.2) is 21.1 Å². The van der Waals surface area contributed by atoms with Crippen molar-refractivity contribution < 1.29 is 9.59 Å². The van der Waals surface area contributed by atoms with Gasteiger partial charge in [0, 0.05) is 16.1 Å². The van der Waals surface area contributed by atoms with Crippen LogP contribution >= 0.6 is 15.9 Å². The van der Waals surface area contributed by atoms with Gasteiger partial charge in [-0.3, -0.25) is 20.4 Å². The van der Waals surface area contributed by atoms with Gasteiger partial charge in [0.15, 0.2) is 0 Å². The lowest BCUT2D eigenvalue weighted by Gasteiger charge is -2.60. The van der Waals surface area contributed by atoms with Crippen molar-refractivity contribution in [3.8, 4) is 0 Å². The Hall–Kier alpha value is -1.95. The number of carbonyl (C=O) groups is 2. The zero-order chi connectivity index (χ0) is 19.4. The van der Waals surface area contributed by atoms with E-state index in [2.05, 4.69) is 31.8 Å². The third-order valence-electron chi connectivity index (χ3n) is 6.79. The molecule has 4 aliphatic rings. The van der Waals surface area contributed by atoms with Crippen LogP contribution in [0.4, 0.5) is 0 Å². The van der Waals surface area contributed by atoms with E-state index in [0.29, 0.717) is 12.1 Å². The van der Waals surface area contributed by atoms with Gasteiger partial charge in [-0.1, -0.05) is 40.2 Å². The van der Waals surface area contributed by atoms with Crippen LogP contribution in [0.25, 0.3) is 10.9 Å². The summed E-state index contributed by atoms with van der Waals surface area (Å²) in [6.45, 7) is 0. The van der Waals surface area contributed by atoms with Crippen LogP contribution in [0.15, 0.2) is 36.4 Å². The molecule has 1 heterocycles. The van der Waals surface area contributed by atoms with Gasteiger partial charge >= 0.3 is 0 Å².